The van der Waals surface area contributed by atoms with E-state index in [-0.39, 0.29) is 36.9 Å². The molecule has 1 aromatic carbocycles. The van der Waals surface area contributed by atoms with E-state index >= 15 is 0 Å². The van der Waals surface area contributed by atoms with Gasteiger partial charge in [-0.25, -0.2) is 23.3 Å². The second kappa shape index (κ2) is 10.6. The Morgan fingerprint density at radius 1 is 1.11 bits per heavy atom. The molecule has 2 fully saturated rings. The number of hydrogen-bond acceptors (Lipinski definition) is 4. The molecule has 3 N–H and O–H groups in total. The number of urea groups is 1. The van der Waals surface area contributed by atoms with E-state index in [1.54, 1.807) is 23.1 Å². The number of carbonyl (C=O) groups excluding carboxylic acids is 3. The largest absolute Gasteiger partial charge is 0.465 e. The first-order valence-corrected chi connectivity index (χ1v) is 12.9. The molecule has 37 heavy (non-hydrogen) atoms. The van der Waals surface area contributed by atoms with Crippen LogP contribution in [0.25, 0.3) is 0 Å². The highest BCUT2D eigenvalue weighted by Gasteiger charge is 2.45. The summed E-state index contributed by atoms with van der Waals surface area (Å²) in [6.07, 6.45) is 1.08. The first kappa shape index (κ1) is 26.8. The molecular formula is C26H34F2N4O5. The molecule has 1 aliphatic heterocycles. The van der Waals surface area contributed by atoms with Crippen LogP contribution in [0.4, 0.5) is 24.1 Å². The maximum Gasteiger partial charge on any atom is 0.414 e. The van der Waals surface area contributed by atoms with Crippen molar-refractivity contribution in [3.63, 3.8) is 0 Å². The number of anilines is 1. The van der Waals surface area contributed by atoms with Gasteiger partial charge in [0.2, 0.25) is 17.7 Å². The van der Waals surface area contributed by atoms with Gasteiger partial charge in [0.25, 0.3) is 0 Å². The molecule has 1 aromatic rings. The van der Waals surface area contributed by atoms with Crippen molar-refractivity contribution in [2.24, 2.45) is 5.92 Å². The van der Waals surface area contributed by atoms with Gasteiger partial charge in [-0.05, 0) is 74.6 Å². The summed E-state index contributed by atoms with van der Waals surface area (Å²) in [6.45, 7) is 1.28. The van der Waals surface area contributed by atoms with Crippen LogP contribution < -0.4 is 10.6 Å². The zero-order valence-corrected chi connectivity index (χ0v) is 21.1. The summed E-state index contributed by atoms with van der Waals surface area (Å²) in [7, 11) is 1.50. The number of benzene rings is 1. The van der Waals surface area contributed by atoms with Gasteiger partial charge >= 0.3 is 12.1 Å². The van der Waals surface area contributed by atoms with Crippen molar-refractivity contribution in [1.82, 2.24) is 15.1 Å². The molecule has 11 heteroatoms. The van der Waals surface area contributed by atoms with E-state index in [4.69, 9.17) is 0 Å². The van der Waals surface area contributed by atoms with Crippen molar-refractivity contribution in [3.05, 3.63) is 29.3 Å². The Morgan fingerprint density at radius 2 is 1.81 bits per heavy atom. The number of halogens is 2. The first-order chi connectivity index (χ1) is 17.5. The molecule has 2 aliphatic carbocycles. The number of amides is 5. The van der Waals surface area contributed by atoms with Gasteiger partial charge in [0.1, 0.15) is 6.54 Å². The summed E-state index contributed by atoms with van der Waals surface area (Å²) in [5, 5.41) is 15.0. The van der Waals surface area contributed by atoms with Crippen LogP contribution in [-0.4, -0.2) is 70.4 Å². The Hall–Kier alpha value is -3.24. The van der Waals surface area contributed by atoms with E-state index in [1.807, 2.05) is 6.92 Å². The van der Waals surface area contributed by atoms with E-state index in [0.717, 1.165) is 5.56 Å². The second-order valence-corrected chi connectivity index (χ2v) is 10.4. The van der Waals surface area contributed by atoms with Crippen molar-refractivity contribution in [3.8, 4) is 0 Å². The molecule has 0 spiro atoms. The van der Waals surface area contributed by atoms with Gasteiger partial charge < -0.3 is 20.6 Å². The molecule has 5 amide bonds. The van der Waals surface area contributed by atoms with E-state index in [9.17, 15) is 33.1 Å². The van der Waals surface area contributed by atoms with Crippen LogP contribution in [0.5, 0.6) is 0 Å². The molecule has 0 unspecified atom stereocenters. The highest BCUT2D eigenvalue weighted by Crippen LogP contribution is 2.42. The number of carbonyl (C=O) groups is 4. The quantitative estimate of drug-likeness (QED) is 0.538. The molecule has 202 valence electrons. The summed E-state index contributed by atoms with van der Waals surface area (Å²) in [6, 6.07) is 4.37. The Balaban J connectivity index is 1.46. The third kappa shape index (κ3) is 5.70. The van der Waals surface area contributed by atoms with Crippen LogP contribution in [0.1, 0.15) is 68.9 Å². The van der Waals surface area contributed by atoms with Crippen molar-refractivity contribution in [1.29, 1.82) is 0 Å². The van der Waals surface area contributed by atoms with Crippen LogP contribution in [0.15, 0.2) is 18.2 Å². The Labute approximate surface area is 214 Å². The number of fused-ring (bicyclic) bond motifs is 1. The van der Waals surface area contributed by atoms with Gasteiger partial charge in [-0.3, -0.25) is 9.59 Å². The third-order valence-electron chi connectivity index (χ3n) is 8.10. The predicted octanol–water partition coefficient (Wildman–Crippen LogP) is 4.18. The lowest BCUT2D eigenvalue weighted by Crippen LogP contribution is -2.51. The highest BCUT2D eigenvalue weighted by molar-refractivity contribution is 5.99. The summed E-state index contributed by atoms with van der Waals surface area (Å²) >= 11 is 0. The zero-order valence-electron chi connectivity index (χ0n) is 21.1. The molecule has 0 bridgehead atoms. The molecule has 3 aliphatic rings. The van der Waals surface area contributed by atoms with Crippen molar-refractivity contribution in [2.75, 3.05) is 18.9 Å². The minimum absolute atomic E-state index is 0.0539. The molecule has 0 radical (unpaired) electrons. The minimum Gasteiger partial charge on any atom is -0.465 e. The molecule has 4 rings (SSSR count). The summed E-state index contributed by atoms with van der Waals surface area (Å²) in [4.78, 5) is 52.6. The van der Waals surface area contributed by atoms with Crippen LogP contribution >= 0.6 is 0 Å². The van der Waals surface area contributed by atoms with E-state index in [0.29, 0.717) is 54.7 Å². The molecular weight excluding hydrogens is 486 g/mol. The topological polar surface area (TPSA) is 119 Å². The van der Waals surface area contributed by atoms with Crippen LogP contribution in [0.2, 0.25) is 0 Å². The van der Waals surface area contributed by atoms with Crippen molar-refractivity contribution < 1.29 is 33.1 Å². The fourth-order valence-corrected chi connectivity index (χ4v) is 6.15. The fraction of sp³-hybridized carbons (Fsp3) is 0.615. The molecule has 1 saturated carbocycles. The lowest BCUT2D eigenvalue weighted by molar-refractivity contribution is -0.142. The molecule has 1 saturated heterocycles. The number of aryl methyl sites for hydroxylation is 1. The van der Waals surface area contributed by atoms with Gasteiger partial charge in [0, 0.05) is 37.7 Å². The maximum absolute atomic E-state index is 13.7. The third-order valence-corrected chi connectivity index (χ3v) is 8.10. The summed E-state index contributed by atoms with van der Waals surface area (Å²) < 4.78 is 27.4. The van der Waals surface area contributed by atoms with Crippen molar-refractivity contribution >= 4 is 29.6 Å². The standard InChI is InChI=1S/C26H34F2N4O5/c1-15-3-8-21(16-9-11-26(27,28)12-10-16)32(15)22(33)14-31(25(36)37)23(34)20-6-4-17-13-18(5-7-19(17)20)30-24(35)29-2/h5,7,13,15-16,20-21H,3-4,6,8-12,14H2,1-2H3,(H,36,37)(H2,29,30,35)/t15-,20-,21-/m0/s1. The van der Waals surface area contributed by atoms with Gasteiger partial charge in [-0.2, -0.15) is 0 Å². The number of nitrogens with zero attached hydrogens (tertiary/aromatic N) is 2. The van der Waals surface area contributed by atoms with Gasteiger partial charge in [-0.1, -0.05) is 6.07 Å². The number of alkyl halides is 2. The smallest absolute Gasteiger partial charge is 0.414 e. The van der Waals surface area contributed by atoms with E-state index in [1.165, 1.54) is 7.05 Å². The van der Waals surface area contributed by atoms with Crippen LogP contribution in [-0.2, 0) is 16.0 Å². The normalized spacial score (nSPS) is 24.9. The average Bonchev–Trinajstić information content (AvgIpc) is 3.45. The van der Waals surface area contributed by atoms with Gasteiger partial charge in [0.05, 0.1) is 5.92 Å². The van der Waals surface area contributed by atoms with Crippen LogP contribution in [0, 0.1) is 5.92 Å². The van der Waals surface area contributed by atoms with E-state index in [2.05, 4.69) is 10.6 Å². The van der Waals surface area contributed by atoms with E-state index < -0.39 is 36.3 Å². The second-order valence-electron chi connectivity index (χ2n) is 10.4. The predicted molar refractivity (Wildman–Crippen MR) is 132 cm³/mol. The SMILES string of the molecule is CNC(=O)Nc1ccc2c(c1)CC[C@@H]2C(=O)N(CC(=O)N1[C@@H](C)CC[C@H]1C1CCC(F)(F)CC1)C(=O)O. The Kier molecular flexibility index (Phi) is 7.70. The Morgan fingerprint density at radius 3 is 2.46 bits per heavy atom. The maximum atomic E-state index is 13.7. The lowest BCUT2D eigenvalue weighted by Gasteiger charge is -2.38. The number of imide groups is 1. The Bertz CT molecular complexity index is 1070. The molecule has 9 nitrogen and oxygen atoms in total. The number of rotatable bonds is 5. The average molecular weight is 521 g/mol. The van der Waals surface area contributed by atoms with Gasteiger partial charge in [0.15, 0.2) is 0 Å². The molecule has 0 aromatic heterocycles. The zero-order chi connectivity index (χ0) is 26.9. The minimum atomic E-state index is -2.67. The number of likely N-dealkylation sites (tertiary alicyclic amines) is 1. The molecule has 1 heterocycles. The van der Waals surface area contributed by atoms with Crippen LogP contribution in [0.3, 0.4) is 0 Å². The highest BCUT2D eigenvalue weighted by atomic mass is 19.3. The molecule has 3 atom stereocenters. The number of carboxylic acid groups (broad SMARTS) is 1. The first-order valence-electron chi connectivity index (χ1n) is 12.9. The van der Waals surface area contributed by atoms with Crippen molar-refractivity contribution in [2.45, 2.75) is 82.2 Å². The fourth-order valence-electron chi connectivity index (χ4n) is 6.15. The lowest BCUT2D eigenvalue weighted by atomic mass is 9.81. The monoisotopic (exact) mass is 520 g/mol. The van der Waals surface area contributed by atoms with Gasteiger partial charge in [-0.15, -0.1) is 0 Å². The number of nitrogens with one attached hydrogen (secondary N) is 2. The summed E-state index contributed by atoms with van der Waals surface area (Å²) in [5.41, 5.74) is 2.08. The summed E-state index contributed by atoms with van der Waals surface area (Å²) in [5.74, 6) is -4.56. The number of hydrogen-bond donors (Lipinski definition) is 3.